The molecule has 0 bridgehead atoms. The van der Waals surface area contributed by atoms with E-state index in [1.807, 2.05) is 80.4 Å². The van der Waals surface area contributed by atoms with Gasteiger partial charge < -0.3 is 29.3 Å². The number of nitrogens with one attached hydrogen (secondary N) is 1. The van der Waals surface area contributed by atoms with Gasteiger partial charge in [-0.1, -0.05) is 30.7 Å². The fraction of sp³-hybridized carbons (Fsp3) is 0.375. The van der Waals surface area contributed by atoms with Crippen molar-refractivity contribution in [3.8, 4) is 17.2 Å². The number of halogens is 1. The molecule has 3 aromatic rings. The lowest BCUT2D eigenvalue weighted by Crippen LogP contribution is -2.48. The lowest BCUT2D eigenvalue weighted by atomic mass is 9.92. The van der Waals surface area contributed by atoms with Crippen molar-refractivity contribution < 1.29 is 23.8 Å². The largest absolute Gasteiger partial charge is 0.497 e. The van der Waals surface area contributed by atoms with E-state index < -0.39 is 6.04 Å². The highest BCUT2D eigenvalue weighted by Gasteiger charge is 2.36. The Morgan fingerprint density at radius 2 is 1.71 bits per heavy atom. The summed E-state index contributed by atoms with van der Waals surface area (Å²) in [5, 5.41) is 3.63. The molecule has 1 saturated heterocycles. The summed E-state index contributed by atoms with van der Waals surface area (Å²) >= 11 is 6.23. The molecule has 42 heavy (non-hydrogen) atoms. The summed E-state index contributed by atoms with van der Waals surface area (Å²) in [6, 6.07) is 17.7. The third kappa shape index (κ3) is 6.42. The molecule has 0 spiro atoms. The van der Waals surface area contributed by atoms with Crippen molar-refractivity contribution >= 4 is 34.9 Å². The van der Waals surface area contributed by atoms with E-state index in [0.717, 1.165) is 30.6 Å². The van der Waals surface area contributed by atoms with Crippen LogP contribution in [-0.4, -0.2) is 74.8 Å². The van der Waals surface area contributed by atoms with Crippen LogP contribution in [0.2, 0.25) is 5.02 Å². The van der Waals surface area contributed by atoms with E-state index in [-0.39, 0.29) is 24.6 Å². The molecule has 3 aromatic carbocycles. The van der Waals surface area contributed by atoms with E-state index in [0.29, 0.717) is 46.7 Å². The Balaban J connectivity index is 1.53. The van der Waals surface area contributed by atoms with Gasteiger partial charge in [0.2, 0.25) is 0 Å². The summed E-state index contributed by atoms with van der Waals surface area (Å²) in [6.45, 7) is 6.90. The monoisotopic (exact) mass is 592 g/mol. The molecule has 10 heteroatoms. The summed E-state index contributed by atoms with van der Waals surface area (Å²) in [5.41, 5.74) is 2.98. The molecule has 2 heterocycles. The van der Waals surface area contributed by atoms with Gasteiger partial charge in [0.05, 0.1) is 24.9 Å². The van der Waals surface area contributed by atoms with Crippen molar-refractivity contribution in [2.45, 2.75) is 32.4 Å². The Bertz CT molecular complexity index is 1410. The molecule has 0 radical (unpaired) electrons. The van der Waals surface area contributed by atoms with Crippen LogP contribution in [0.15, 0.2) is 60.7 Å². The standard InChI is InChI=1S/C32H37ClN4O5/c1-5-21(2)42-29-18-26-27(19-28(29)41-20-30(38)36-16-14-35(3)15-17-36)34-32(39)37(24-10-12-25(40-4)13-11-24)31(26)22-6-8-23(33)9-7-22/h6-13,18-19,21,31H,5,14-17,20H2,1-4H3,(H,34,39)/t21-,31?/m1/s1. The number of urea groups is 1. The number of carbonyl (C=O) groups is 2. The van der Waals surface area contributed by atoms with Crippen molar-refractivity contribution in [1.29, 1.82) is 0 Å². The van der Waals surface area contributed by atoms with E-state index in [1.54, 1.807) is 18.1 Å². The highest BCUT2D eigenvalue weighted by Crippen LogP contribution is 2.45. The minimum atomic E-state index is -0.486. The number of piperazine rings is 1. The number of ether oxygens (including phenoxy) is 3. The molecule has 0 aliphatic carbocycles. The number of likely N-dealkylation sites (N-methyl/N-ethyl adjacent to an activating group) is 1. The Kier molecular flexibility index (Phi) is 9.09. The zero-order chi connectivity index (χ0) is 29.8. The maximum absolute atomic E-state index is 13.7. The van der Waals surface area contributed by atoms with Crippen LogP contribution in [0.5, 0.6) is 17.2 Å². The van der Waals surface area contributed by atoms with Crippen molar-refractivity contribution in [3.63, 3.8) is 0 Å². The van der Waals surface area contributed by atoms with Crippen LogP contribution in [0.25, 0.3) is 0 Å². The zero-order valence-electron chi connectivity index (χ0n) is 24.4. The van der Waals surface area contributed by atoms with Gasteiger partial charge in [0, 0.05) is 48.5 Å². The first-order chi connectivity index (χ1) is 20.3. The Morgan fingerprint density at radius 1 is 1.02 bits per heavy atom. The minimum Gasteiger partial charge on any atom is -0.497 e. The average molecular weight is 593 g/mol. The highest BCUT2D eigenvalue weighted by atomic mass is 35.5. The number of carbonyl (C=O) groups excluding carboxylic acids is 2. The molecule has 0 saturated carbocycles. The number of amides is 3. The van der Waals surface area contributed by atoms with Crippen LogP contribution >= 0.6 is 11.6 Å². The number of fused-ring (bicyclic) bond motifs is 1. The van der Waals surface area contributed by atoms with Crippen molar-refractivity contribution in [1.82, 2.24) is 9.80 Å². The molecule has 1 unspecified atom stereocenters. The molecule has 1 fully saturated rings. The van der Waals surface area contributed by atoms with E-state index in [4.69, 9.17) is 25.8 Å². The molecule has 2 aliphatic heterocycles. The number of nitrogens with zero attached hydrogens (tertiary/aromatic N) is 3. The normalized spacial score (nSPS) is 17.7. The first-order valence-electron chi connectivity index (χ1n) is 14.2. The molecule has 2 atom stereocenters. The van der Waals surface area contributed by atoms with E-state index in [2.05, 4.69) is 10.2 Å². The maximum Gasteiger partial charge on any atom is 0.327 e. The predicted octanol–water partition coefficient (Wildman–Crippen LogP) is 5.82. The summed E-state index contributed by atoms with van der Waals surface area (Å²) in [5.74, 6) is 1.53. The van der Waals surface area contributed by atoms with E-state index >= 15 is 0 Å². The number of rotatable bonds is 9. The van der Waals surface area contributed by atoms with Crippen molar-refractivity contribution in [2.75, 3.05) is 57.2 Å². The lowest BCUT2D eigenvalue weighted by Gasteiger charge is -2.38. The molecule has 3 amide bonds. The van der Waals surface area contributed by atoms with E-state index in [1.165, 1.54) is 0 Å². The van der Waals surface area contributed by atoms with Gasteiger partial charge >= 0.3 is 6.03 Å². The van der Waals surface area contributed by atoms with Gasteiger partial charge in [-0.2, -0.15) is 0 Å². The number of benzene rings is 3. The number of hydrogen-bond acceptors (Lipinski definition) is 6. The van der Waals surface area contributed by atoms with Crippen LogP contribution in [0, 0.1) is 0 Å². The van der Waals surface area contributed by atoms with Crippen LogP contribution < -0.4 is 24.4 Å². The van der Waals surface area contributed by atoms with Gasteiger partial charge in [0.15, 0.2) is 18.1 Å². The predicted molar refractivity (Wildman–Crippen MR) is 164 cm³/mol. The van der Waals surface area contributed by atoms with Gasteiger partial charge in [0.1, 0.15) is 5.75 Å². The van der Waals surface area contributed by atoms with Crippen molar-refractivity contribution in [2.24, 2.45) is 0 Å². The first-order valence-corrected chi connectivity index (χ1v) is 14.6. The number of hydrogen-bond donors (Lipinski definition) is 1. The third-order valence-corrected chi connectivity index (χ3v) is 8.03. The highest BCUT2D eigenvalue weighted by molar-refractivity contribution is 6.30. The second-order valence-corrected chi connectivity index (χ2v) is 11.1. The number of methoxy groups -OCH3 is 1. The molecule has 9 nitrogen and oxygen atoms in total. The molecule has 5 rings (SSSR count). The van der Waals surface area contributed by atoms with Gasteiger partial charge in [-0.05, 0) is 68.4 Å². The first kappa shape index (κ1) is 29.5. The molecule has 222 valence electrons. The summed E-state index contributed by atoms with van der Waals surface area (Å²) in [4.78, 5) is 32.4. The molecule has 2 aliphatic rings. The van der Waals surface area contributed by atoms with Gasteiger partial charge in [-0.25, -0.2) is 4.79 Å². The van der Waals surface area contributed by atoms with Crippen LogP contribution in [0.3, 0.4) is 0 Å². The third-order valence-electron chi connectivity index (χ3n) is 7.78. The summed E-state index contributed by atoms with van der Waals surface area (Å²) in [6.07, 6.45) is 0.690. The second kappa shape index (κ2) is 12.9. The lowest BCUT2D eigenvalue weighted by molar-refractivity contribution is -0.134. The summed E-state index contributed by atoms with van der Waals surface area (Å²) in [7, 11) is 3.65. The van der Waals surface area contributed by atoms with Crippen LogP contribution in [0.1, 0.15) is 37.4 Å². The number of anilines is 2. The minimum absolute atomic E-state index is 0.0796. The van der Waals surface area contributed by atoms with Crippen LogP contribution in [-0.2, 0) is 4.79 Å². The molecular weight excluding hydrogens is 556 g/mol. The quantitative estimate of drug-likeness (QED) is 0.337. The Hall–Kier alpha value is -3.95. The summed E-state index contributed by atoms with van der Waals surface area (Å²) < 4.78 is 17.8. The maximum atomic E-state index is 13.7. The van der Waals surface area contributed by atoms with Crippen LogP contribution in [0.4, 0.5) is 16.2 Å². The fourth-order valence-corrected chi connectivity index (χ4v) is 5.24. The topological polar surface area (TPSA) is 83.6 Å². The molecule has 0 aromatic heterocycles. The Labute approximate surface area is 251 Å². The van der Waals surface area contributed by atoms with Gasteiger partial charge in [-0.15, -0.1) is 0 Å². The Morgan fingerprint density at radius 3 is 2.36 bits per heavy atom. The average Bonchev–Trinajstić information content (AvgIpc) is 3.00. The molecule has 1 N–H and O–H groups in total. The van der Waals surface area contributed by atoms with Gasteiger partial charge in [0.25, 0.3) is 5.91 Å². The second-order valence-electron chi connectivity index (χ2n) is 10.6. The fourth-order valence-electron chi connectivity index (χ4n) is 5.12. The smallest absolute Gasteiger partial charge is 0.327 e. The molecular formula is C32H37ClN4O5. The van der Waals surface area contributed by atoms with E-state index in [9.17, 15) is 9.59 Å². The zero-order valence-corrected chi connectivity index (χ0v) is 25.2. The SMILES string of the molecule is CC[C@@H](C)Oc1cc2c(cc1OCC(=O)N1CCN(C)CC1)NC(=O)N(c1ccc(OC)cc1)C2c1ccc(Cl)cc1. The van der Waals surface area contributed by atoms with Crippen molar-refractivity contribution in [3.05, 3.63) is 76.8 Å². The van der Waals surface area contributed by atoms with Gasteiger partial charge in [-0.3, -0.25) is 9.69 Å².